The highest BCUT2D eigenvalue weighted by Crippen LogP contribution is 2.41. The molecule has 3 unspecified atom stereocenters. The number of fused-ring (bicyclic) bond motifs is 2. The molecule has 0 bridgehead atoms. The fourth-order valence-corrected chi connectivity index (χ4v) is 4.19. The molecule has 3 atom stereocenters. The van der Waals surface area contributed by atoms with E-state index in [1.165, 1.54) is 5.56 Å². The van der Waals surface area contributed by atoms with Gasteiger partial charge in [0.05, 0.1) is 13.0 Å². The topological polar surface area (TPSA) is 59.6 Å². The number of halogens is 1. The summed E-state index contributed by atoms with van der Waals surface area (Å²) in [6.07, 6.45) is -0.0627. The molecular weight excluding hydrogens is 408 g/mol. The lowest BCUT2D eigenvalue weighted by atomic mass is 9.90. The number of carbonyl (C=O) groups excluding carboxylic acids is 1. The fourth-order valence-electron chi connectivity index (χ4n) is 3.70. The lowest BCUT2D eigenvalue weighted by molar-refractivity contribution is -0.135. The van der Waals surface area contributed by atoms with E-state index in [1.54, 1.807) is 7.11 Å². The third kappa shape index (κ3) is 3.44. The van der Waals surface area contributed by atoms with Gasteiger partial charge in [0.2, 0.25) is 5.91 Å². The number of ether oxygens (including phenoxy) is 2. The van der Waals surface area contributed by atoms with Crippen molar-refractivity contribution >= 4 is 21.8 Å². The number of benzene rings is 2. The molecule has 0 saturated carbocycles. The summed E-state index contributed by atoms with van der Waals surface area (Å²) in [6.45, 7) is 4.33. The van der Waals surface area contributed by atoms with E-state index >= 15 is 0 Å². The molecule has 1 amide bonds. The molecule has 0 aliphatic carbocycles. The van der Waals surface area contributed by atoms with Crippen LogP contribution in [0.15, 0.2) is 40.9 Å². The Balaban J connectivity index is 1.60. The molecule has 0 aromatic heterocycles. The Morgan fingerprint density at radius 3 is 2.63 bits per heavy atom. The minimum atomic E-state index is -0.392. The summed E-state index contributed by atoms with van der Waals surface area (Å²) in [5.41, 5.74) is 3.26. The second-order valence-corrected chi connectivity index (χ2v) is 8.29. The van der Waals surface area contributed by atoms with Gasteiger partial charge in [0.1, 0.15) is 6.17 Å². The minimum absolute atomic E-state index is 0.00118. The predicted octanol–water partition coefficient (Wildman–Crippen LogP) is 3.88. The van der Waals surface area contributed by atoms with Crippen molar-refractivity contribution in [2.75, 3.05) is 7.11 Å². The molecule has 2 aliphatic rings. The van der Waals surface area contributed by atoms with E-state index in [4.69, 9.17) is 9.47 Å². The van der Waals surface area contributed by atoms with Crippen LogP contribution in [0.3, 0.4) is 0 Å². The van der Waals surface area contributed by atoms with Gasteiger partial charge in [-0.1, -0.05) is 54.0 Å². The molecule has 0 radical (unpaired) electrons. The first-order chi connectivity index (χ1) is 13.0. The normalized spacial score (nSPS) is 23.9. The van der Waals surface area contributed by atoms with Gasteiger partial charge in [0, 0.05) is 10.0 Å². The van der Waals surface area contributed by atoms with E-state index in [1.807, 2.05) is 12.1 Å². The molecule has 142 valence electrons. The summed E-state index contributed by atoms with van der Waals surface area (Å²) in [7, 11) is 1.62. The van der Waals surface area contributed by atoms with E-state index in [2.05, 4.69) is 64.7 Å². The fraction of sp³-hybridized carbons (Fsp3) is 0.381. The minimum Gasteiger partial charge on any atom is -0.493 e. The van der Waals surface area contributed by atoms with Crippen molar-refractivity contribution in [2.24, 2.45) is 5.92 Å². The average molecular weight is 431 g/mol. The van der Waals surface area contributed by atoms with Gasteiger partial charge in [-0.25, -0.2) is 0 Å². The number of nitrogens with one attached hydrogen (secondary N) is 2. The van der Waals surface area contributed by atoms with Crippen LogP contribution < -0.4 is 20.1 Å². The Bertz CT molecular complexity index is 866. The van der Waals surface area contributed by atoms with Crippen molar-refractivity contribution in [3.05, 3.63) is 57.6 Å². The lowest BCUT2D eigenvalue weighted by Crippen LogP contribution is -2.60. The second kappa shape index (κ2) is 7.17. The van der Waals surface area contributed by atoms with Crippen LogP contribution >= 0.6 is 15.9 Å². The van der Waals surface area contributed by atoms with Crippen molar-refractivity contribution in [1.82, 2.24) is 10.6 Å². The van der Waals surface area contributed by atoms with E-state index in [0.29, 0.717) is 23.8 Å². The van der Waals surface area contributed by atoms with Gasteiger partial charge < -0.3 is 14.8 Å². The van der Waals surface area contributed by atoms with E-state index in [-0.39, 0.29) is 18.0 Å². The van der Waals surface area contributed by atoms with Crippen molar-refractivity contribution in [1.29, 1.82) is 0 Å². The average Bonchev–Trinajstić information content (AvgIpc) is 2.66. The quantitative estimate of drug-likeness (QED) is 0.775. The number of rotatable bonds is 3. The van der Waals surface area contributed by atoms with Crippen LogP contribution in [-0.4, -0.2) is 19.2 Å². The number of hydrogen-bond donors (Lipinski definition) is 2. The van der Waals surface area contributed by atoms with Gasteiger partial charge in [0.25, 0.3) is 0 Å². The molecule has 2 aromatic rings. The highest BCUT2D eigenvalue weighted by atomic mass is 79.9. The van der Waals surface area contributed by atoms with Crippen LogP contribution in [0.2, 0.25) is 0 Å². The van der Waals surface area contributed by atoms with Crippen LogP contribution in [0.5, 0.6) is 11.5 Å². The Morgan fingerprint density at radius 1 is 1.22 bits per heavy atom. The number of carbonyl (C=O) groups is 1. The number of hydrogen-bond acceptors (Lipinski definition) is 4. The highest BCUT2D eigenvalue weighted by molar-refractivity contribution is 9.10. The van der Waals surface area contributed by atoms with E-state index < -0.39 is 6.23 Å². The Morgan fingerprint density at radius 2 is 1.96 bits per heavy atom. The number of amides is 1. The lowest BCUT2D eigenvalue weighted by Gasteiger charge is -2.41. The van der Waals surface area contributed by atoms with Crippen LogP contribution in [-0.2, 0) is 11.2 Å². The molecule has 4 rings (SSSR count). The van der Waals surface area contributed by atoms with Crippen molar-refractivity contribution in [2.45, 2.75) is 38.6 Å². The molecule has 2 aliphatic heterocycles. The largest absolute Gasteiger partial charge is 0.493 e. The summed E-state index contributed by atoms with van der Waals surface area (Å²) in [5, 5.41) is 6.52. The second-order valence-electron chi connectivity index (χ2n) is 7.38. The molecule has 2 aromatic carbocycles. The molecule has 1 fully saturated rings. The van der Waals surface area contributed by atoms with E-state index in [0.717, 1.165) is 15.6 Å². The zero-order chi connectivity index (χ0) is 19.1. The maximum Gasteiger partial charge on any atom is 0.230 e. The molecule has 2 heterocycles. The molecule has 0 spiro atoms. The summed E-state index contributed by atoms with van der Waals surface area (Å²) in [5.74, 6) is 1.58. The summed E-state index contributed by atoms with van der Waals surface area (Å²) in [4.78, 5) is 12.8. The molecule has 1 saturated heterocycles. The maximum absolute atomic E-state index is 12.8. The van der Waals surface area contributed by atoms with Crippen LogP contribution in [0.25, 0.3) is 0 Å². The molecule has 5 nitrogen and oxygen atoms in total. The van der Waals surface area contributed by atoms with Gasteiger partial charge >= 0.3 is 0 Å². The number of methoxy groups -OCH3 is 1. The Hall–Kier alpha value is -2.05. The standard InChI is InChI=1S/C21H23BrN2O3/c1-11(2)12-4-6-13(7-5-12)19-23-20(25)16-9-14-8-15(22)10-17(26-3)18(14)27-21(16)24-19/h4-8,10-11,16,19,21,24H,9H2,1-3H3,(H,23,25). The van der Waals surface area contributed by atoms with Gasteiger partial charge in [-0.2, -0.15) is 0 Å². The van der Waals surface area contributed by atoms with Crippen molar-refractivity contribution in [3.8, 4) is 11.5 Å². The van der Waals surface area contributed by atoms with Crippen LogP contribution in [0.4, 0.5) is 0 Å². The molecule has 27 heavy (non-hydrogen) atoms. The third-order valence-electron chi connectivity index (χ3n) is 5.26. The zero-order valence-corrected chi connectivity index (χ0v) is 17.2. The van der Waals surface area contributed by atoms with Gasteiger partial charge in [-0.15, -0.1) is 0 Å². The molecular formula is C21H23BrN2O3. The van der Waals surface area contributed by atoms with Crippen molar-refractivity contribution in [3.63, 3.8) is 0 Å². The van der Waals surface area contributed by atoms with Crippen LogP contribution in [0.1, 0.15) is 42.6 Å². The van der Waals surface area contributed by atoms with E-state index in [9.17, 15) is 4.79 Å². The highest BCUT2D eigenvalue weighted by Gasteiger charge is 2.42. The first kappa shape index (κ1) is 18.3. The van der Waals surface area contributed by atoms with Crippen LogP contribution in [0, 0.1) is 5.92 Å². The Kier molecular flexibility index (Phi) is 4.86. The maximum atomic E-state index is 12.8. The molecule has 6 heteroatoms. The first-order valence-corrected chi connectivity index (χ1v) is 9.95. The first-order valence-electron chi connectivity index (χ1n) is 9.15. The van der Waals surface area contributed by atoms with Gasteiger partial charge in [-0.3, -0.25) is 10.1 Å². The zero-order valence-electron chi connectivity index (χ0n) is 15.6. The SMILES string of the molecule is COc1cc(Br)cc2c1OC1NC(c3ccc(C(C)C)cc3)NC(=O)C1C2. The molecule has 2 N–H and O–H groups in total. The monoisotopic (exact) mass is 430 g/mol. The smallest absolute Gasteiger partial charge is 0.230 e. The Labute approximate surface area is 167 Å². The predicted molar refractivity (Wildman–Crippen MR) is 107 cm³/mol. The van der Waals surface area contributed by atoms with Gasteiger partial charge in [-0.05, 0) is 35.6 Å². The summed E-state index contributed by atoms with van der Waals surface area (Å²) < 4.78 is 12.6. The summed E-state index contributed by atoms with van der Waals surface area (Å²) in [6, 6.07) is 12.2. The third-order valence-corrected chi connectivity index (χ3v) is 5.72. The van der Waals surface area contributed by atoms with Crippen molar-refractivity contribution < 1.29 is 14.3 Å². The van der Waals surface area contributed by atoms with Gasteiger partial charge in [0.15, 0.2) is 17.7 Å². The summed E-state index contributed by atoms with van der Waals surface area (Å²) >= 11 is 3.49.